The maximum absolute atomic E-state index is 3.44. The Kier molecular flexibility index (Phi) is 2.52. The molecule has 0 aliphatic carbocycles. The molecule has 54 valence electrons. The Bertz CT molecular complexity index is 80.6. The highest BCUT2D eigenvalue weighted by atomic mass is 14.9. The van der Waals surface area contributed by atoms with E-state index in [1.807, 2.05) is 0 Å². The summed E-state index contributed by atoms with van der Waals surface area (Å²) in [6.45, 7) is 7.09. The average molecular weight is 127 g/mol. The molecular weight excluding hydrogens is 110 g/mol. The summed E-state index contributed by atoms with van der Waals surface area (Å²) in [7, 11) is 0. The lowest BCUT2D eigenvalue weighted by atomic mass is 9.90. The van der Waals surface area contributed by atoms with Crippen molar-refractivity contribution in [2.24, 2.45) is 11.8 Å². The van der Waals surface area contributed by atoms with Gasteiger partial charge >= 0.3 is 0 Å². The van der Waals surface area contributed by atoms with E-state index >= 15 is 0 Å². The number of hydrogen-bond donors (Lipinski definition) is 1. The van der Waals surface area contributed by atoms with E-state index in [1.54, 1.807) is 0 Å². The first-order chi connectivity index (χ1) is 4.33. The molecule has 1 nitrogen and oxygen atoms in total. The molecule has 0 aromatic heterocycles. The summed E-state index contributed by atoms with van der Waals surface area (Å²) in [5.41, 5.74) is 0. The molecule has 1 fully saturated rings. The Labute approximate surface area is 57.8 Å². The van der Waals surface area contributed by atoms with Gasteiger partial charge in [0.25, 0.3) is 0 Å². The van der Waals surface area contributed by atoms with Gasteiger partial charge in [-0.15, -0.1) is 0 Å². The molecule has 1 aliphatic rings. The fourth-order valence-corrected chi connectivity index (χ4v) is 1.58. The Morgan fingerprint density at radius 1 is 1.44 bits per heavy atom. The predicted molar refractivity (Wildman–Crippen MR) is 40.4 cm³/mol. The molecule has 0 saturated carbocycles. The SMILES string of the molecule is CC[C@H]1CNC[C@@H](C)C1. The molecule has 0 bridgehead atoms. The molecule has 0 unspecified atom stereocenters. The van der Waals surface area contributed by atoms with Crippen molar-refractivity contribution in [1.82, 2.24) is 5.32 Å². The van der Waals surface area contributed by atoms with Gasteiger partial charge in [-0.3, -0.25) is 0 Å². The lowest BCUT2D eigenvalue weighted by Gasteiger charge is -2.26. The van der Waals surface area contributed by atoms with Crippen molar-refractivity contribution in [3.63, 3.8) is 0 Å². The molecular formula is C8H17N. The highest BCUT2D eigenvalue weighted by molar-refractivity contribution is 4.71. The lowest BCUT2D eigenvalue weighted by Crippen LogP contribution is -2.34. The van der Waals surface area contributed by atoms with Crippen LogP contribution in [0.5, 0.6) is 0 Å². The Morgan fingerprint density at radius 2 is 2.22 bits per heavy atom. The summed E-state index contributed by atoms with van der Waals surface area (Å²) in [6, 6.07) is 0. The molecule has 0 spiro atoms. The van der Waals surface area contributed by atoms with Crippen LogP contribution >= 0.6 is 0 Å². The van der Waals surface area contributed by atoms with E-state index in [9.17, 15) is 0 Å². The molecule has 1 rings (SSSR count). The van der Waals surface area contributed by atoms with Gasteiger partial charge in [-0.05, 0) is 31.3 Å². The maximum Gasteiger partial charge on any atom is -0.00204 e. The van der Waals surface area contributed by atoms with Gasteiger partial charge in [0.15, 0.2) is 0 Å². The monoisotopic (exact) mass is 127 g/mol. The molecule has 0 radical (unpaired) electrons. The van der Waals surface area contributed by atoms with Crippen LogP contribution in [0.2, 0.25) is 0 Å². The normalized spacial score (nSPS) is 36.7. The van der Waals surface area contributed by atoms with E-state index in [2.05, 4.69) is 19.2 Å². The smallest absolute Gasteiger partial charge is 0.00204 e. The minimum Gasteiger partial charge on any atom is -0.316 e. The molecule has 0 aromatic carbocycles. The van der Waals surface area contributed by atoms with Crippen molar-refractivity contribution in [2.45, 2.75) is 26.7 Å². The second-order valence-corrected chi connectivity index (χ2v) is 3.27. The van der Waals surface area contributed by atoms with Crippen molar-refractivity contribution >= 4 is 0 Å². The Morgan fingerprint density at radius 3 is 2.67 bits per heavy atom. The van der Waals surface area contributed by atoms with Crippen molar-refractivity contribution < 1.29 is 0 Å². The molecule has 1 aliphatic heterocycles. The molecule has 2 atom stereocenters. The number of piperidine rings is 1. The van der Waals surface area contributed by atoms with Gasteiger partial charge in [-0.2, -0.15) is 0 Å². The van der Waals surface area contributed by atoms with Crippen LogP contribution in [0.1, 0.15) is 26.7 Å². The van der Waals surface area contributed by atoms with Gasteiger partial charge in [0.1, 0.15) is 0 Å². The average Bonchev–Trinajstić information content (AvgIpc) is 1.88. The van der Waals surface area contributed by atoms with Crippen LogP contribution in [0.25, 0.3) is 0 Å². The van der Waals surface area contributed by atoms with Crippen molar-refractivity contribution in [1.29, 1.82) is 0 Å². The summed E-state index contributed by atoms with van der Waals surface area (Å²) in [4.78, 5) is 0. The minimum atomic E-state index is 0.906. The summed E-state index contributed by atoms with van der Waals surface area (Å²) in [6.07, 6.45) is 2.78. The van der Waals surface area contributed by atoms with Crippen LogP contribution < -0.4 is 5.32 Å². The quantitative estimate of drug-likeness (QED) is 0.564. The molecule has 1 heteroatoms. The zero-order chi connectivity index (χ0) is 6.69. The Balaban J connectivity index is 2.23. The second-order valence-electron chi connectivity index (χ2n) is 3.27. The third-order valence-electron chi connectivity index (χ3n) is 2.24. The first-order valence-electron chi connectivity index (χ1n) is 4.03. The summed E-state index contributed by atoms with van der Waals surface area (Å²) in [5.74, 6) is 1.86. The zero-order valence-corrected chi connectivity index (χ0v) is 6.48. The zero-order valence-electron chi connectivity index (χ0n) is 6.48. The van der Waals surface area contributed by atoms with Gasteiger partial charge in [-0.1, -0.05) is 20.3 Å². The largest absolute Gasteiger partial charge is 0.316 e. The molecule has 1 heterocycles. The van der Waals surface area contributed by atoms with Crippen LogP contribution in [0, 0.1) is 11.8 Å². The first kappa shape index (κ1) is 7.07. The highest BCUT2D eigenvalue weighted by Crippen LogP contribution is 2.17. The highest BCUT2D eigenvalue weighted by Gasteiger charge is 2.15. The topological polar surface area (TPSA) is 12.0 Å². The van der Waals surface area contributed by atoms with E-state index in [1.165, 1.54) is 25.9 Å². The molecule has 0 aromatic rings. The number of nitrogens with one attached hydrogen (secondary N) is 1. The summed E-state index contributed by atoms with van der Waals surface area (Å²) >= 11 is 0. The third kappa shape index (κ3) is 1.98. The van der Waals surface area contributed by atoms with E-state index in [0.717, 1.165) is 11.8 Å². The third-order valence-corrected chi connectivity index (χ3v) is 2.24. The minimum absolute atomic E-state index is 0.906. The van der Waals surface area contributed by atoms with Crippen molar-refractivity contribution in [3.8, 4) is 0 Å². The number of hydrogen-bond acceptors (Lipinski definition) is 1. The van der Waals surface area contributed by atoms with Crippen LogP contribution in [0.15, 0.2) is 0 Å². The summed E-state index contributed by atoms with van der Waals surface area (Å²) in [5, 5.41) is 3.44. The molecule has 0 amide bonds. The van der Waals surface area contributed by atoms with E-state index in [0.29, 0.717) is 0 Å². The van der Waals surface area contributed by atoms with Gasteiger partial charge in [0, 0.05) is 0 Å². The van der Waals surface area contributed by atoms with Gasteiger partial charge < -0.3 is 5.32 Å². The van der Waals surface area contributed by atoms with Gasteiger partial charge in [0.2, 0.25) is 0 Å². The molecule has 9 heavy (non-hydrogen) atoms. The fourth-order valence-electron chi connectivity index (χ4n) is 1.58. The predicted octanol–water partition coefficient (Wildman–Crippen LogP) is 1.64. The standard InChI is InChI=1S/C8H17N/c1-3-8-4-7(2)5-9-6-8/h7-9H,3-6H2,1-2H3/t7-,8+/m0/s1. The second kappa shape index (κ2) is 3.21. The van der Waals surface area contributed by atoms with Crippen LogP contribution in [-0.4, -0.2) is 13.1 Å². The van der Waals surface area contributed by atoms with E-state index in [-0.39, 0.29) is 0 Å². The van der Waals surface area contributed by atoms with Gasteiger partial charge in [0.05, 0.1) is 0 Å². The molecule has 1 saturated heterocycles. The fraction of sp³-hybridized carbons (Fsp3) is 1.00. The summed E-state index contributed by atoms with van der Waals surface area (Å²) < 4.78 is 0. The molecule has 1 N–H and O–H groups in total. The van der Waals surface area contributed by atoms with Crippen molar-refractivity contribution in [3.05, 3.63) is 0 Å². The van der Waals surface area contributed by atoms with E-state index in [4.69, 9.17) is 0 Å². The van der Waals surface area contributed by atoms with Crippen LogP contribution in [0.4, 0.5) is 0 Å². The Hall–Kier alpha value is -0.0400. The van der Waals surface area contributed by atoms with Crippen molar-refractivity contribution in [2.75, 3.05) is 13.1 Å². The van der Waals surface area contributed by atoms with Crippen LogP contribution in [-0.2, 0) is 0 Å². The first-order valence-corrected chi connectivity index (χ1v) is 4.03. The van der Waals surface area contributed by atoms with Gasteiger partial charge in [-0.25, -0.2) is 0 Å². The lowest BCUT2D eigenvalue weighted by molar-refractivity contribution is 0.296. The maximum atomic E-state index is 3.44. The number of rotatable bonds is 1. The van der Waals surface area contributed by atoms with E-state index < -0.39 is 0 Å². The van der Waals surface area contributed by atoms with Crippen LogP contribution in [0.3, 0.4) is 0 Å².